The van der Waals surface area contributed by atoms with Crippen molar-refractivity contribution in [3.05, 3.63) is 23.2 Å². The number of likely N-dealkylation sites (N-methyl/N-ethyl adjacent to an activating group) is 2. The van der Waals surface area contributed by atoms with Gasteiger partial charge < -0.3 is 16.0 Å². The number of nitrogens with one attached hydrogen (secondary N) is 1. The molecule has 0 atom stereocenters. The van der Waals surface area contributed by atoms with Crippen molar-refractivity contribution in [1.29, 1.82) is 0 Å². The van der Waals surface area contributed by atoms with E-state index in [2.05, 4.69) is 5.32 Å². The summed E-state index contributed by atoms with van der Waals surface area (Å²) in [5.74, 6) is -0.324. The van der Waals surface area contributed by atoms with E-state index in [1.807, 2.05) is 0 Å². The predicted molar refractivity (Wildman–Crippen MR) is 80.7 cm³/mol. The number of nitrogen functional groups attached to an aromatic ring is 1. The minimum absolute atomic E-state index is 0.0671. The quantitative estimate of drug-likeness (QED) is 0.791. The van der Waals surface area contributed by atoms with Crippen LogP contribution in [0.2, 0.25) is 5.02 Å². The first-order valence-electron chi connectivity index (χ1n) is 6.03. The van der Waals surface area contributed by atoms with Crippen molar-refractivity contribution >= 4 is 34.8 Å². The van der Waals surface area contributed by atoms with Crippen LogP contribution in [0.5, 0.6) is 0 Å². The molecule has 0 radical (unpaired) electrons. The summed E-state index contributed by atoms with van der Waals surface area (Å²) in [5.41, 5.74) is 6.65. The summed E-state index contributed by atoms with van der Waals surface area (Å²) in [4.78, 5) is 26.5. The molecule has 0 bridgehead atoms. The Balaban J connectivity index is 2.55. The van der Waals surface area contributed by atoms with Crippen LogP contribution in [-0.4, -0.2) is 55.8 Å². The third-order valence-corrected chi connectivity index (χ3v) is 2.84. The maximum Gasteiger partial charge on any atom is 0.238 e. The Hall–Kier alpha value is -1.79. The van der Waals surface area contributed by atoms with Crippen LogP contribution in [0.3, 0.4) is 0 Å². The van der Waals surface area contributed by atoms with Crippen molar-refractivity contribution in [2.45, 2.75) is 0 Å². The molecule has 20 heavy (non-hydrogen) atoms. The topological polar surface area (TPSA) is 78.7 Å². The second kappa shape index (κ2) is 7.12. The number of benzene rings is 1. The van der Waals surface area contributed by atoms with Gasteiger partial charge >= 0.3 is 0 Å². The lowest BCUT2D eigenvalue weighted by atomic mass is 10.2. The summed E-state index contributed by atoms with van der Waals surface area (Å²) < 4.78 is 0. The van der Waals surface area contributed by atoms with Crippen molar-refractivity contribution in [3.8, 4) is 0 Å². The van der Waals surface area contributed by atoms with E-state index in [-0.39, 0.29) is 24.9 Å². The largest absolute Gasteiger partial charge is 0.397 e. The number of anilines is 2. The Morgan fingerprint density at radius 1 is 1.25 bits per heavy atom. The van der Waals surface area contributed by atoms with E-state index in [9.17, 15) is 9.59 Å². The fourth-order valence-electron chi connectivity index (χ4n) is 1.50. The molecule has 3 N–H and O–H groups in total. The fraction of sp³-hybridized carbons (Fsp3) is 0.385. The molecular formula is C13H19ClN4O2. The molecule has 0 fully saturated rings. The molecule has 0 aliphatic rings. The van der Waals surface area contributed by atoms with Gasteiger partial charge in [0.15, 0.2) is 0 Å². The number of nitrogens with two attached hydrogens (primary N) is 1. The second-order valence-corrected chi connectivity index (χ2v) is 5.18. The van der Waals surface area contributed by atoms with Gasteiger partial charge in [0.05, 0.1) is 24.5 Å². The zero-order chi connectivity index (χ0) is 15.3. The molecule has 0 saturated heterocycles. The number of carbonyl (C=O) groups is 2. The molecule has 0 aliphatic carbocycles. The Morgan fingerprint density at radius 3 is 2.50 bits per heavy atom. The second-order valence-electron chi connectivity index (χ2n) is 4.74. The fourth-order valence-corrected chi connectivity index (χ4v) is 1.67. The lowest BCUT2D eigenvalue weighted by Crippen LogP contribution is -2.38. The zero-order valence-electron chi connectivity index (χ0n) is 11.8. The zero-order valence-corrected chi connectivity index (χ0v) is 12.6. The van der Waals surface area contributed by atoms with Gasteiger partial charge in [-0.05, 0) is 25.2 Å². The van der Waals surface area contributed by atoms with E-state index in [0.717, 1.165) is 0 Å². The Morgan fingerprint density at radius 2 is 1.90 bits per heavy atom. The van der Waals surface area contributed by atoms with Crippen LogP contribution in [0.4, 0.5) is 11.4 Å². The van der Waals surface area contributed by atoms with Crippen LogP contribution in [0, 0.1) is 0 Å². The van der Waals surface area contributed by atoms with Crippen LogP contribution in [-0.2, 0) is 9.59 Å². The molecule has 0 unspecified atom stereocenters. The van der Waals surface area contributed by atoms with Gasteiger partial charge in [0, 0.05) is 19.1 Å². The average Bonchev–Trinajstić information content (AvgIpc) is 2.33. The summed E-state index contributed by atoms with van der Waals surface area (Å²) in [6.45, 7) is 0.261. The standard InChI is InChI=1S/C13H19ClN4O2/c1-17(2)13(20)8-18(3)7-12(19)16-11-6-9(14)4-5-10(11)15/h4-6H,7-8,15H2,1-3H3,(H,16,19). The summed E-state index contributed by atoms with van der Waals surface area (Å²) in [5, 5.41) is 3.16. The summed E-state index contributed by atoms with van der Waals surface area (Å²) in [6, 6.07) is 4.85. The van der Waals surface area contributed by atoms with E-state index < -0.39 is 0 Å². The molecule has 6 nitrogen and oxygen atoms in total. The SMILES string of the molecule is CN(CC(=O)Nc1cc(Cl)ccc1N)CC(=O)N(C)C. The molecule has 0 heterocycles. The van der Waals surface area contributed by atoms with Crippen LogP contribution in [0.25, 0.3) is 0 Å². The highest BCUT2D eigenvalue weighted by Crippen LogP contribution is 2.22. The van der Waals surface area contributed by atoms with Crippen LogP contribution >= 0.6 is 11.6 Å². The van der Waals surface area contributed by atoms with Gasteiger partial charge in [0.1, 0.15) is 0 Å². The summed E-state index contributed by atoms with van der Waals surface area (Å²) >= 11 is 5.84. The molecule has 1 aromatic carbocycles. The van der Waals surface area contributed by atoms with Gasteiger partial charge in [0.25, 0.3) is 0 Å². The minimum atomic E-state index is -0.256. The maximum absolute atomic E-state index is 11.9. The molecule has 2 amide bonds. The number of halogens is 1. The van der Waals surface area contributed by atoms with Gasteiger partial charge in [-0.25, -0.2) is 0 Å². The van der Waals surface area contributed by atoms with Crippen LogP contribution in [0.15, 0.2) is 18.2 Å². The van der Waals surface area contributed by atoms with E-state index >= 15 is 0 Å². The maximum atomic E-state index is 11.9. The van der Waals surface area contributed by atoms with Gasteiger partial charge in [-0.2, -0.15) is 0 Å². The molecule has 1 aromatic rings. The molecule has 7 heteroatoms. The van der Waals surface area contributed by atoms with Crippen molar-refractivity contribution in [1.82, 2.24) is 9.80 Å². The van der Waals surface area contributed by atoms with Crippen molar-refractivity contribution < 1.29 is 9.59 Å². The number of carbonyl (C=O) groups excluding carboxylic acids is 2. The van der Waals surface area contributed by atoms with Crippen molar-refractivity contribution in [3.63, 3.8) is 0 Å². The number of nitrogens with zero attached hydrogens (tertiary/aromatic N) is 2. The highest BCUT2D eigenvalue weighted by atomic mass is 35.5. The van der Waals surface area contributed by atoms with Crippen LogP contribution in [0.1, 0.15) is 0 Å². The highest BCUT2D eigenvalue weighted by molar-refractivity contribution is 6.31. The normalized spacial score (nSPS) is 10.4. The summed E-state index contributed by atoms with van der Waals surface area (Å²) in [6.07, 6.45) is 0. The smallest absolute Gasteiger partial charge is 0.238 e. The van der Waals surface area contributed by atoms with Gasteiger partial charge in [0.2, 0.25) is 11.8 Å². The van der Waals surface area contributed by atoms with Gasteiger partial charge in [-0.1, -0.05) is 11.6 Å². The van der Waals surface area contributed by atoms with Gasteiger partial charge in [-0.3, -0.25) is 14.5 Å². The third-order valence-electron chi connectivity index (χ3n) is 2.61. The van der Waals surface area contributed by atoms with E-state index in [4.69, 9.17) is 17.3 Å². The first-order chi connectivity index (χ1) is 9.29. The Kier molecular flexibility index (Phi) is 5.79. The summed E-state index contributed by atoms with van der Waals surface area (Å²) in [7, 11) is 5.04. The molecule has 0 aliphatic heterocycles. The minimum Gasteiger partial charge on any atom is -0.397 e. The molecule has 0 saturated carbocycles. The van der Waals surface area contributed by atoms with E-state index in [1.54, 1.807) is 44.2 Å². The van der Waals surface area contributed by atoms with Gasteiger partial charge in [-0.15, -0.1) is 0 Å². The molecule has 1 rings (SSSR count). The van der Waals surface area contributed by atoms with Crippen molar-refractivity contribution in [2.24, 2.45) is 0 Å². The van der Waals surface area contributed by atoms with E-state index in [0.29, 0.717) is 16.4 Å². The molecule has 110 valence electrons. The number of hydrogen-bond acceptors (Lipinski definition) is 4. The first kappa shape index (κ1) is 16.3. The lowest BCUT2D eigenvalue weighted by molar-refractivity contribution is -0.130. The Labute approximate surface area is 123 Å². The average molecular weight is 299 g/mol. The van der Waals surface area contributed by atoms with E-state index in [1.165, 1.54) is 4.90 Å². The molecular weight excluding hydrogens is 280 g/mol. The molecule has 0 aromatic heterocycles. The number of amides is 2. The lowest BCUT2D eigenvalue weighted by Gasteiger charge is -2.18. The number of rotatable bonds is 5. The predicted octanol–water partition coefficient (Wildman–Crippen LogP) is 0.881. The highest BCUT2D eigenvalue weighted by Gasteiger charge is 2.13. The third kappa shape index (κ3) is 5.07. The van der Waals surface area contributed by atoms with Crippen molar-refractivity contribution in [2.75, 3.05) is 45.3 Å². The molecule has 0 spiro atoms. The first-order valence-corrected chi connectivity index (χ1v) is 6.41. The van der Waals surface area contributed by atoms with Crippen LogP contribution < -0.4 is 11.1 Å². The number of hydrogen-bond donors (Lipinski definition) is 2. The monoisotopic (exact) mass is 298 g/mol. The Bertz CT molecular complexity index is 505.